The molecule has 0 radical (unpaired) electrons. The number of allylic oxidation sites excluding steroid dienone is 1. The first-order valence-electron chi connectivity index (χ1n) is 9.30. The summed E-state index contributed by atoms with van der Waals surface area (Å²) in [5, 5.41) is 1.40. The number of halogens is 3. The van der Waals surface area contributed by atoms with Gasteiger partial charge in [0, 0.05) is 26.7 Å². The molecule has 0 aliphatic carbocycles. The monoisotopic (exact) mass is 472 g/mol. The van der Waals surface area contributed by atoms with Crippen LogP contribution in [0, 0.1) is 6.92 Å². The SMILES string of the molecule is Cc1cc(OC(=O)Cc2ccc(Cl)cc2)cc2c1C(=O)/C(=C/c1c(Cl)cccc1Cl)O2. The van der Waals surface area contributed by atoms with Gasteiger partial charge < -0.3 is 9.47 Å². The first-order valence-corrected chi connectivity index (χ1v) is 10.4. The van der Waals surface area contributed by atoms with Crippen LogP contribution in [0.3, 0.4) is 0 Å². The number of rotatable bonds is 4. The minimum Gasteiger partial charge on any atom is -0.452 e. The lowest BCUT2D eigenvalue weighted by Crippen LogP contribution is -2.11. The number of benzene rings is 3. The zero-order valence-corrected chi connectivity index (χ0v) is 18.5. The van der Waals surface area contributed by atoms with Gasteiger partial charge >= 0.3 is 5.97 Å². The van der Waals surface area contributed by atoms with Crippen molar-refractivity contribution in [2.45, 2.75) is 13.3 Å². The Morgan fingerprint density at radius 2 is 1.71 bits per heavy atom. The zero-order chi connectivity index (χ0) is 22.1. The summed E-state index contributed by atoms with van der Waals surface area (Å²) in [5.41, 5.74) is 2.31. The second kappa shape index (κ2) is 8.75. The van der Waals surface area contributed by atoms with Crippen molar-refractivity contribution in [2.75, 3.05) is 0 Å². The summed E-state index contributed by atoms with van der Waals surface area (Å²) < 4.78 is 11.2. The summed E-state index contributed by atoms with van der Waals surface area (Å²) in [6.07, 6.45) is 1.60. The van der Waals surface area contributed by atoms with Gasteiger partial charge in [-0.1, -0.05) is 53.0 Å². The molecule has 0 N–H and O–H groups in total. The average Bonchev–Trinajstić information content (AvgIpc) is 3.02. The maximum atomic E-state index is 12.8. The quantitative estimate of drug-likeness (QED) is 0.240. The Morgan fingerprint density at radius 1 is 1.03 bits per heavy atom. The van der Waals surface area contributed by atoms with Gasteiger partial charge in [0.05, 0.1) is 12.0 Å². The summed E-state index contributed by atoms with van der Waals surface area (Å²) in [6, 6.07) is 15.2. The molecule has 0 saturated carbocycles. The minimum atomic E-state index is -0.440. The summed E-state index contributed by atoms with van der Waals surface area (Å²) in [4.78, 5) is 25.2. The van der Waals surface area contributed by atoms with E-state index >= 15 is 0 Å². The van der Waals surface area contributed by atoms with Crippen LogP contribution >= 0.6 is 34.8 Å². The Labute approximate surface area is 193 Å². The molecular weight excluding hydrogens is 459 g/mol. The van der Waals surface area contributed by atoms with Gasteiger partial charge in [0.2, 0.25) is 5.78 Å². The number of hydrogen-bond donors (Lipinski definition) is 0. The number of aryl methyl sites for hydroxylation is 1. The van der Waals surface area contributed by atoms with E-state index < -0.39 is 5.97 Å². The fourth-order valence-corrected chi connectivity index (χ4v) is 3.89. The molecule has 0 fully saturated rings. The Bertz CT molecular complexity index is 1210. The fraction of sp³-hybridized carbons (Fsp3) is 0.0833. The van der Waals surface area contributed by atoms with Crippen molar-refractivity contribution in [3.63, 3.8) is 0 Å². The average molecular weight is 474 g/mol. The number of ketones is 1. The number of fused-ring (bicyclic) bond motifs is 1. The molecule has 3 aromatic carbocycles. The molecule has 0 unspecified atom stereocenters. The van der Waals surface area contributed by atoms with Crippen molar-refractivity contribution in [2.24, 2.45) is 0 Å². The third kappa shape index (κ3) is 4.62. The van der Waals surface area contributed by atoms with Crippen molar-refractivity contribution in [3.05, 3.63) is 97.7 Å². The highest BCUT2D eigenvalue weighted by Crippen LogP contribution is 2.38. The molecule has 31 heavy (non-hydrogen) atoms. The van der Waals surface area contributed by atoms with Crippen molar-refractivity contribution in [1.29, 1.82) is 0 Å². The van der Waals surface area contributed by atoms with Crippen LogP contribution in [0.25, 0.3) is 6.08 Å². The van der Waals surface area contributed by atoms with E-state index in [9.17, 15) is 9.59 Å². The molecule has 0 aromatic heterocycles. The number of hydrogen-bond acceptors (Lipinski definition) is 4. The van der Waals surface area contributed by atoms with Crippen LogP contribution in [0.15, 0.2) is 60.4 Å². The standard InChI is InChI=1S/C24H15Cl3O4/c1-13-9-16(30-22(28)10-14-5-7-15(25)8-6-14)11-20-23(13)24(29)21(31-20)12-17-18(26)3-2-4-19(17)27/h2-9,11-12H,10H2,1H3/b21-12-. The molecule has 3 aromatic rings. The van der Waals surface area contributed by atoms with Gasteiger partial charge in [-0.3, -0.25) is 9.59 Å². The Balaban J connectivity index is 1.56. The number of carbonyl (C=O) groups is 2. The van der Waals surface area contributed by atoms with Gasteiger partial charge in [-0.05, 0) is 54.5 Å². The number of ether oxygens (including phenoxy) is 2. The van der Waals surface area contributed by atoms with Crippen LogP contribution in [-0.2, 0) is 11.2 Å². The summed E-state index contributed by atoms with van der Waals surface area (Å²) in [5.74, 6) is -0.0290. The van der Waals surface area contributed by atoms with E-state index in [1.165, 1.54) is 12.1 Å². The normalized spacial score (nSPS) is 13.8. The minimum absolute atomic E-state index is 0.0866. The topological polar surface area (TPSA) is 52.6 Å². The molecule has 156 valence electrons. The van der Waals surface area contributed by atoms with Gasteiger partial charge in [0.1, 0.15) is 11.5 Å². The van der Waals surface area contributed by atoms with Crippen LogP contribution in [0.5, 0.6) is 11.5 Å². The molecule has 0 amide bonds. The molecule has 7 heteroatoms. The maximum absolute atomic E-state index is 12.8. The van der Waals surface area contributed by atoms with E-state index in [-0.39, 0.29) is 18.0 Å². The van der Waals surface area contributed by atoms with Crippen molar-refractivity contribution in [1.82, 2.24) is 0 Å². The highest BCUT2D eigenvalue weighted by molar-refractivity contribution is 6.37. The number of esters is 1. The van der Waals surface area contributed by atoms with Gasteiger partial charge in [-0.25, -0.2) is 0 Å². The van der Waals surface area contributed by atoms with E-state index in [1.807, 2.05) is 0 Å². The molecule has 1 heterocycles. The molecule has 4 rings (SSSR count). The first kappa shape index (κ1) is 21.4. The second-order valence-electron chi connectivity index (χ2n) is 6.97. The van der Waals surface area contributed by atoms with Crippen LogP contribution in [0.2, 0.25) is 15.1 Å². The molecule has 0 atom stereocenters. The van der Waals surface area contributed by atoms with Gasteiger partial charge in [0.15, 0.2) is 5.76 Å². The molecule has 0 spiro atoms. The van der Waals surface area contributed by atoms with E-state index in [0.717, 1.165) is 5.56 Å². The molecule has 1 aliphatic rings. The largest absolute Gasteiger partial charge is 0.452 e. The lowest BCUT2D eigenvalue weighted by Gasteiger charge is -2.08. The van der Waals surface area contributed by atoms with Crippen LogP contribution < -0.4 is 9.47 Å². The zero-order valence-electron chi connectivity index (χ0n) is 16.2. The van der Waals surface area contributed by atoms with Crippen LogP contribution in [0.1, 0.15) is 27.0 Å². The summed E-state index contributed by atoms with van der Waals surface area (Å²) >= 11 is 18.3. The molecule has 4 nitrogen and oxygen atoms in total. The fourth-order valence-electron chi connectivity index (χ4n) is 3.25. The predicted molar refractivity (Wildman–Crippen MR) is 121 cm³/mol. The Morgan fingerprint density at radius 3 is 2.39 bits per heavy atom. The maximum Gasteiger partial charge on any atom is 0.315 e. The number of carbonyl (C=O) groups excluding carboxylic acids is 2. The molecule has 0 saturated heterocycles. The molecular formula is C24H15Cl3O4. The molecule has 0 bridgehead atoms. The van der Waals surface area contributed by atoms with Crippen LogP contribution in [-0.4, -0.2) is 11.8 Å². The van der Waals surface area contributed by atoms with E-state index in [4.69, 9.17) is 44.3 Å². The van der Waals surface area contributed by atoms with Gasteiger partial charge in [-0.2, -0.15) is 0 Å². The summed E-state index contributed by atoms with van der Waals surface area (Å²) in [7, 11) is 0. The van der Waals surface area contributed by atoms with Gasteiger partial charge in [0.25, 0.3) is 0 Å². The molecule has 1 aliphatic heterocycles. The smallest absolute Gasteiger partial charge is 0.315 e. The second-order valence-corrected chi connectivity index (χ2v) is 8.22. The third-order valence-corrected chi connectivity index (χ3v) is 5.62. The van der Waals surface area contributed by atoms with Crippen molar-refractivity contribution >= 4 is 52.6 Å². The predicted octanol–water partition coefficient (Wildman–Crippen LogP) is 6.72. The van der Waals surface area contributed by atoms with Crippen LogP contribution in [0.4, 0.5) is 0 Å². The first-order chi connectivity index (χ1) is 14.8. The third-order valence-electron chi connectivity index (χ3n) is 4.71. The Hall–Kier alpha value is -2.79. The van der Waals surface area contributed by atoms with E-state index in [0.29, 0.717) is 43.3 Å². The lowest BCUT2D eigenvalue weighted by atomic mass is 10.0. The summed E-state index contributed by atoms with van der Waals surface area (Å²) in [6.45, 7) is 1.75. The Kier molecular flexibility index (Phi) is 6.05. The van der Waals surface area contributed by atoms with E-state index in [2.05, 4.69) is 0 Å². The number of Topliss-reactive ketones (excluding diaryl/α,β-unsaturated/α-hetero) is 1. The lowest BCUT2D eigenvalue weighted by molar-refractivity contribution is -0.133. The van der Waals surface area contributed by atoms with Crippen molar-refractivity contribution in [3.8, 4) is 11.5 Å². The van der Waals surface area contributed by atoms with E-state index in [1.54, 1.807) is 55.5 Å². The highest BCUT2D eigenvalue weighted by Gasteiger charge is 2.30. The highest BCUT2D eigenvalue weighted by atomic mass is 35.5. The van der Waals surface area contributed by atoms with Crippen molar-refractivity contribution < 1.29 is 19.1 Å². The van der Waals surface area contributed by atoms with Gasteiger partial charge in [-0.15, -0.1) is 0 Å².